The average Bonchev–Trinajstić information content (AvgIpc) is 3.55. The Morgan fingerprint density at radius 3 is 2.31 bits per heavy atom. The van der Waals surface area contributed by atoms with Crippen molar-refractivity contribution in [3.05, 3.63) is 76.1 Å². The second kappa shape index (κ2) is 8.74. The summed E-state index contributed by atoms with van der Waals surface area (Å²) in [6.45, 7) is 2.55. The van der Waals surface area contributed by atoms with Gasteiger partial charge in [0, 0.05) is 11.1 Å². The Morgan fingerprint density at radius 2 is 1.66 bits per heavy atom. The molecule has 1 heterocycles. The van der Waals surface area contributed by atoms with E-state index in [0.717, 1.165) is 44.1 Å². The predicted molar refractivity (Wildman–Crippen MR) is 109 cm³/mol. The van der Waals surface area contributed by atoms with Crippen molar-refractivity contribution >= 4 is 6.08 Å². The van der Waals surface area contributed by atoms with Gasteiger partial charge in [0.05, 0.1) is 6.61 Å². The zero-order valence-electron chi connectivity index (χ0n) is 16.8. The maximum atomic E-state index is 14.5. The molecule has 4 heteroatoms. The summed E-state index contributed by atoms with van der Waals surface area (Å²) < 4.78 is 48.2. The number of ether oxygens (including phenoxy) is 1. The molecule has 2 aromatic carbocycles. The van der Waals surface area contributed by atoms with Crippen LogP contribution in [0.3, 0.4) is 0 Å². The summed E-state index contributed by atoms with van der Waals surface area (Å²) in [5.41, 5.74) is 2.44. The molecule has 0 radical (unpaired) electrons. The Balaban J connectivity index is 1.37. The molecule has 0 aromatic heterocycles. The number of allylic oxidation sites excluding steroid dienone is 1. The van der Waals surface area contributed by atoms with Gasteiger partial charge in [-0.15, -0.1) is 0 Å². The van der Waals surface area contributed by atoms with Gasteiger partial charge in [0.2, 0.25) is 0 Å². The Morgan fingerprint density at radius 1 is 0.966 bits per heavy atom. The third-order valence-corrected chi connectivity index (χ3v) is 6.19. The van der Waals surface area contributed by atoms with Gasteiger partial charge in [-0.25, -0.2) is 13.2 Å². The van der Waals surface area contributed by atoms with Crippen molar-refractivity contribution in [2.24, 2.45) is 5.92 Å². The second-order valence-electron chi connectivity index (χ2n) is 8.27. The van der Waals surface area contributed by atoms with Gasteiger partial charge in [-0.1, -0.05) is 49.8 Å². The van der Waals surface area contributed by atoms with Crippen molar-refractivity contribution in [1.82, 2.24) is 0 Å². The standard InChI is InChI=1S/C25H27F3O/c1-2-3-17-7-11-19(22(26)14-17)10-6-16-4-8-18(9-5-16)20-12-13-21(23-15-29-23)25(28)24(20)27/h6-7,10-14,16,18,23H,2-5,8-9,15H2,1H3/b10-6+. The van der Waals surface area contributed by atoms with E-state index in [1.54, 1.807) is 18.2 Å². The summed E-state index contributed by atoms with van der Waals surface area (Å²) in [5.74, 6) is -1.28. The lowest BCUT2D eigenvalue weighted by atomic mass is 9.78. The summed E-state index contributed by atoms with van der Waals surface area (Å²) in [4.78, 5) is 0. The fraction of sp³-hybridized carbons (Fsp3) is 0.440. The van der Waals surface area contributed by atoms with Gasteiger partial charge in [-0.05, 0) is 61.1 Å². The number of hydrogen-bond donors (Lipinski definition) is 0. The van der Waals surface area contributed by atoms with Crippen LogP contribution in [-0.4, -0.2) is 6.61 Å². The Labute approximate surface area is 170 Å². The van der Waals surface area contributed by atoms with Crippen LogP contribution in [0.5, 0.6) is 0 Å². The summed E-state index contributed by atoms with van der Waals surface area (Å²) in [5, 5.41) is 0. The van der Waals surface area contributed by atoms with Crippen LogP contribution in [0.2, 0.25) is 0 Å². The molecule has 0 bridgehead atoms. The van der Waals surface area contributed by atoms with Crippen LogP contribution < -0.4 is 0 Å². The highest BCUT2D eigenvalue weighted by molar-refractivity contribution is 5.51. The van der Waals surface area contributed by atoms with E-state index in [2.05, 4.69) is 13.0 Å². The molecule has 154 valence electrons. The molecule has 1 unspecified atom stereocenters. The highest BCUT2D eigenvalue weighted by Crippen LogP contribution is 2.40. The molecule has 2 aliphatic rings. The van der Waals surface area contributed by atoms with E-state index in [0.29, 0.717) is 29.2 Å². The minimum Gasteiger partial charge on any atom is -0.368 e. The molecular weight excluding hydrogens is 373 g/mol. The van der Waals surface area contributed by atoms with Gasteiger partial charge >= 0.3 is 0 Å². The number of benzene rings is 2. The lowest BCUT2D eigenvalue weighted by Crippen LogP contribution is -2.14. The van der Waals surface area contributed by atoms with Crippen molar-refractivity contribution in [1.29, 1.82) is 0 Å². The maximum absolute atomic E-state index is 14.5. The zero-order valence-corrected chi connectivity index (χ0v) is 16.8. The van der Waals surface area contributed by atoms with E-state index in [4.69, 9.17) is 4.74 Å². The van der Waals surface area contributed by atoms with Gasteiger partial charge < -0.3 is 4.74 Å². The first kappa shape index (κ1) is 20.2. The molecular formula is C25H27F3O. The van der Waals surface area contributed by atoms with Crippen molar-refractivity contribution in [2.45, 2.75) is 57.5 Å². The summed E-state index contributed by atoms with van der Waals surface area (Å²) in [7, 11) is 0. The Kier molecular flexibility index (Phi) is 6.09. The van der Waals surface area contributed by atoms with Gasteiger partial charge in [0.15, 0.2) is 11.6 Å². The fourth-order valence-corrected chi connectivity index (χ4v) is 4.38. The normalized spacial score (nSPS) is 24.2. The van der Waals surface area contributed by atoms with E-state index >= 15 is 0 Å². The molecule has 1 saturated carbocycles. The van der Waals surface area contributed by atoms with Crippen LogP contribution in [-0.2, 0) is 11.2 Å². The quantitative estimate of drug-likeness (QED) is 0.471. The molecule has 1 aliphatic heterocycles. The third-order valence-electron chi connectivity index (χ3n) is 6.19. The zero-order chi connectivity index (χ0) is 20.4. The number of aryl methyl sites for hydroxylation is 1. The topological polar surface area (TPSA) is 12.5 Å². The van der Waals surface area contributed by atoms with E-state index in [1.165, 1.54) is 0 Å². The molecule has 2 aromatic rings. The van der Waals surface area contributed by atoms with E-state index in [1.807, 2.05) is 18.2 Å². The molecule has 1 atom stereocenters. The van der Waals surface area contributed by atoms with Gasteiger partial charge in [-0.3, -0.25) is 0 Å². The highest BCUT2D eigenvalue weighted by Gasteiger charge is 2.32. The first-order valence-corrected chi connectivity index (χ1v) is 10.6. The number of halogens is 3. The summed E-state index contributed by atoms with van der Waals surface area (Å²) in [6, 6.07) is 8.84. The van der Waals surface area contributed by atoms with E-state index < -0.39 is 11.6 Å². The predicted octanol–water partition coefficient (Wildman–Crippen LogP) is 7.11. The average molecular weight is 400 g/mol. The van der Waals surface area contributed by atoms with Crippen molar-refractivity contribution in [3.8, 4) is 0 Å². The molecule has 4 rings (SSSR count). The van der Waals surface area contributed by atoms with Crippen molar-refractivity contribution in [3.63, 3.8) is 0 Å². The van der Waals surface area contributed by atoms with Crippen molar-refractivity contribution in [2.75, 3.05) is 6.61 Å². The molecule has 0 spiro atoms. The minimum absolute atomic E-state index is 0.0355. The summed E-state index contributed by atoms with van der Waals surface area (Å²) in [6.07, 6.45) is 8.94. The summed E-state index contributed by atoms with van der Waals surface area (Å²) >= 11 is 0. The first-order chi connectivity index (χ1) is 14.1. The highest BCUT2D eigenvalue weighted by atomic mass is 19.2. The van der Waals surface area contributed by atoms with Crippen LogP contribution in [0.25, 0.3) is 6.08 Å². The van der Waals surface area contributed by atoms with E-state index in [-0.39, 0.29) is 17.8 Å². The fourth-order valence-electron chi connectivity index (χ4n) is 4.38. The van der Waals surface area contributed by atoms with Crippen LogP contribution in [0.1, 0.15) is 73.3 Å². The lowest BCUT2D eigenvalue weighted by molar-refractivity contribution is 0.361. The van der Waals surface area contributed by atoms with Gasteiger partial charge in [-0.2, -0.15) is 0 Å². The number of epoxide rings is 1. The largest absolute Gasteiger partial charge is 0.368 e. The van der Waals surface area contributed by atoms with Crippen LogP contribution in [0.4, 0.5) is 13.2 Å². The van der Waals surface area contributed by atoms with Gasteiger partial charge in [0.25, 0.3) is 0 Å². The molecule has 1 aliphatic carbocycles. The van der Waals surface area contributed by atoms with E-state index in [9.17, 15) is 13.2 Å². The SMILES string of the molecule is CCCc1ccc(/C=C/C2CCC(c3ccc(C4CO4)c(F)c3F)CC2)c(F)c1. The second-order valence-corrected chi connectivity index (χ2v) is 8.27. The van der Waals surface area contributed by atoms with Crippen molar-refractivity contribution < 1.29 is 17.9 Å². The Bertz CT molecular complexity index is 893. The van der Waals surface area contributed by atoms with Crippen LogP contribution in [0, 0.1) is 23.4 Å². The number of rotatable bonds is 6. The van der Waals surface area contributed by atoms with Gasteiger partial charge in [0.1, 0.15) is 11.9 Å². The molecule has 0 amide bonds. The first-order valence-electron chi connectivity index (χ1n) is 10.6. The smallest absolute Gasteiger partial charge is 0.165 e. The third kappa shape index (κ3) is 4.58. The maximum Gasteiger partial charge on any atom is 0.165 e. The molecule has 29 heavy (non-hydrogen) atoms. The molecule has 2 fully saturated rings. The molecule has 0 N–H and O–H groups in total. The van der Waals surface area contributed by atoms with Crippen LogP contribution in [0.15, 0.2) is 36.4 Å². The Hall–Kier alpha value is -2.07. The lowest BCUT2D eigenvalue weighted by Gasteiger charge is -2.27. The molecule has 1 nitrogen and oxygen atoms in total. The molecule has 1 saturated heterocycles. The monoisotopic (exact) mass is 400 g/mol. The minimum atomic E-state index is -0.756. The number of hydrogen-bond acceptors (Lipinski definition) is 1. The van der Waals surface area contributed by atoms with Crippen LogP contribution >= 0.6 is 0 Å².